The molecule has 0 amide bonds. The summed E-state index contributed by atoms with van der Waals surface area (Å²) >= 11 is 0. The highest BCUT2D eigenvalue weighted by molar-refractivity contribution is 5.80. The van der Waals surface area contributed by atoms with Gasteiger partial charge >= 0.3 is 0 Å². The molecule has 0 radical (unpaired) electrons. The van der Waals surface area contributed by atoms with Crippen molar-refractivity contribution >= 4 is 5.96 Å². The summed E-state index contributed by atoms with van der Waals surface area (Å²) in [5, 5.41) is 3.48. The summed E-state index contributed by atoms with van der Waals surface area (Å²) in [5.74, 6) is 2.24. The maximum absolute atomic E-state index is 4.87. The molecule has 0 atom stereocenters. The van der Waals surface area contributed by atoms with Crippen LogP contribution in [0.2, 0.25) is 0 Å². The van der Waals surface area contributed by atoms with Crippen molar-refractivity contribution in [2.24, 2.45) is 10.4 Å². The Morgan fingerprint density at radius 1 is 1.35 bits per heavy atom. The molecule has 1 aliphatic carbocycles. The summed E-state index contributed by atoms with van der Waals surface area (Å²) in [5.41, 5.74) is 0.634. The first-order chi connectivity index (χ1) is 11.2. The third kappa shape index (κ3) is 3.88. The quantitative estimate of drug-likeness (QED) is 0.498. The lowest BCUT2D eigenvalue weighted by Crippen LogP contribution is -2.42. The van der Waals surface area contributed by atoms with Gasteiger partial charge in [-0.2, -0.15) is 0 Å². The van der Waals surface area contributed by atoms with Crippen molar-refractivity contribution < 1.29 is 0 Å². The summed E-state index contributed by atoms with van der Waals surface area (Å²) in [7, 11) is 0. The van der Waals surface area contributed by atoms with Crippen LogP contribution in [0.1, 0.15) is 51.3 Å². The van der Waals surface area contributed by atoms with Gasteiger partial charge in [0.1, 0.15) is 5.82 Å². The lowest BCUT2D eigenvalue weighted by molar-refractivity contribution is 0.151. The van der Waals surface area contributed by atoms with Gasteiger partial charge in [0, 0.05) is 45.1 Å². The SMILES string of the molecule is CCNC(=NCCCCn1ccnc1C)N1CCC2(CCC2)C1. The second kappa shape index (κ2) is 7.37. The van der Waals surface area contributed by atoms with Crippen molar-refractivity contribution in [1.29, 1.82) is 0 Å². The Morgan fingerprint density at radius 2 is 2.22 bits per heavy atom. The first kappa shape index (κ1) is 16.3. The van der Waals surface area contributed by atoms with E-state index in [9.17, 15) is 0 Å². The van der Waals surface area contributed by atoms with Crippen molar-refractivity contribution in [3.63, 3.8) is 0 Å². The van der Waals surface area contributed by atoms with Crippen LogP contribution < -0.4 is 5.32 Å². The zero-order valence-corrected chi connectivity index (χ0v) is 14.7. The van der Waals surface area contributed by atoms with E-state index in [2.05, 4.69) is 39.8 Å². The van der Waals surface area contributed by atoms with Gasteiger partial charge in [0.25, 0.3) is 0 Å². The Labute approximate surface area is 140 Å². The van der Waals surface area contributed by atoms with Crippen LogP contribution >= 0.6 is 0 Å². The molecule has 2 heterocycles. The van der Waals surface area contributed by atoms with Gasteiger partial charge in [-0.15, -0.1) is 0 Å². The van der Waals surface area contributed by atoms with E-state index in [0.717, 1.165) is 44.3 Å². The molecule has 1 saturated carbocycles. The number of hydrogen-bond donors (Lipinski definition) is 1. The minimum Gasteiger partial charge on any atom is -0.357 e. The van der Waals surface area contributed by atoms with Gasteiger partial charge in [0.2, 0.25) is 0 Å². The molecule has 23 heavy (non-hydrogen) atoms. The standard InChI is InChI=1S/C18H31N5/c1-3-19-17(23-13-9-18(15-23)7-6-8-18)21-10-4-5-12-22-14-11-20-16(22)2/h11,14H,3-10,12-13,15H2,1-2H3,(H,19,21). The van der Waals surface area contributed by atoms with Gasteiger partial charge in [-0.05, 0) is 51.4 Å². The van der Waals surface area contributed by atoms with E-state index in [4.69, 9.17) is 4.99 Å². The van der Waals surface area contributed by atoms with Crippen molar-refractivity contribution in [1.82, 2.24) is 19.8 Å². The van der Waals surface area contributed by atoms with Crippen LogP contribution in [0.3, 0.4) is 0 Å². The number of nitrogens with zero attached hydrogens (tertiary/aromatic N) is 4. The lowest BCUT2D eigenvalue weighted by Gasteiger charge is -2.38. The predicted octanol–water partition coefficient (Wildman–Crippen LogP) is 2.81. The van der Waals surface area contributed by atoms with E-state index in [1.807, 2.05) is 6.20 Å². The van der Waals surface area contributed by atoms with Crippen LogP contribution in [0.4, 0.5) is 0 Å². The monoisotopic (exact) mass is 317 g/mol. The largest absolute Gasteiger partial charge is 0.357 e. The molecule has 3 rings (SSSR count). The van der Waals surface area contributed by atoms with E-state index in [1.165, 1.54) is 38.8 Å². The molecule has 1 spiro atoms. The summed E-state index contributed by atoms with van der Waals surface area (Å²) in [4.78, 5) is 11.6. The fourth-order valence-electron chi connectivity index (χ4n) is 3.85. The van der Waals surface area contributed by atoms with Crippen LogP contribution in [0.15, 0.2) is 17.4 Å². The van der Waals surface area contributed by atoms with Crippen LogP contribution in [-0.4, -0.2) is 46.6 Å². The summed E-state index contributed by atoms with van der Waals surface area (Å²) < 4.78 is 2.22. The average Bonchev–Trinajstić information content (AvgIpc) is 3.12. The van der Waals surface area contributed by atoms with Gasteiger partial charge in [-0.25, -0.2) is 4.98 Å². The Balaban J connectivity index is 1.44. The zero-order valence-electron chi connectivity index (χ0n) is 14.7. The highest BCUT2D eigenvalue weighted by Crippen LogP contribution is 2.47. The lowest BCUT2D eigenvalue weighted by atomic mass is 9.68. The van der Waals surface area contributed by atoms with Crippen LogP contribution in [0.25, 0.3) is 0 Å². The van der Waals surface area contributed by atoms with E-state index in [0.29, 0.717) is 5.41 Å². The van der Waals surface area contributed by atoms with E-state index >= 15 is 0 Å². The number of rotatable bonds is 6. The molecule has 2 aliphatic rings. The number of unbranched alkanes of at least 4 members (excludes halogenated alkanes) is 1. The maximum atomic E-state index is 4.87. The second-order valence-electron chi connectivity index (χ2n) is 7.14. The number of likely N-dealkylation sites (tertiary alicyclic amines) is 1. The molecule has 5 heteroatoms. The van der Waals surface area contributed by atoms with E-state index in [-0.39, 0.29) is 0 Å². The van der Waals surface area contributed by atoms with Gasteiger partial charge < -0.3 is 14.8 Å². The molecule has 0 unspecified atom stereocenters. The molecular weight excluding hydrogens is 286 g/mol. The fraction of sp³-hybridized carbons (Fsp3) is 0.778. The molecular formula is C18H31N5. The molecule has 1 saturated heterocycles. The number of guanidine groups is 1. The molecule has 1 aliphatic heterocycles. The Morgan fingerprint density at radius 3 is 2.83 bits per heavy atom. The van der Waals surface area contributed by atoms with Gasteiger partial charge in [0.05, 0.1) is 0 Å². The van der Waals surface area contributed by atoms with Gasteiger partial charge in [0.15, 0.2) is 5.96 Å². The number of imidazole rings is 1. The normalized spacial score (nSPS) is 20.1. The number of nitrogens with one attached hydrogen (secondary N) is 1. The topological polar surface area (TPSA) is 45.5 Å². The third-order valence-electron chi connectivity index (χ3n) is 5.48. The number of aliphatic imine (C=N–C) groups is 1. The molecule has 1 N–H and O–H groups in total. The van der Waals surface area contributed by atoms with Gasteiger partial charge in [-0.1, -0.05) is 6.42 Å². The fourth-order valence-corrected chi connectivity index (χ4v) is 3.85. The number of aromatic nitrogens is 2. The molecule has 0 aromatic carbocycles. The Bertz CT molecular complexity index is 529. The second-order valence-corrected chi connectivity index (χ2v) is 7.14. The van der Waals surface area contributed by atoms with Gasteiger partial charge in [-0.3, -0.25) is 4.99 Å². The smallest absolute Gasteiger partial charge is 0.193 e. The van der Waals surface area contributed by atoms with Crippen LogP contribution in [0.5, 0.6) is 0 Å². The van der Waals surface area contributed by atoms with Crippen molar-refractivity contribution in [2.75, 3.05) is 26.2 Å². The summed E-state index contributed by atoms with van der Waals surface area (Å²) in [6.45, 7) is 9.53. The Kier molecular flexibility index (Phi) is 5.23. The number of aryl methyl sites for hydroxylation is 2. The van der Waals surface area contributed by atoms with Crippen molar-refractivity contribution in [3.8, 4) is 0 Å². The highest BCUT2D eigenvalue weighted by Gasteiger charge is 2.43. The minimum absolute atomic E-state index is 0.634. The highest BCUT2D eigenvalue weighted by atomic mass is 15.3. The third-order valence-corrected chi connectivity index (χ3v) is 5.48. The van der Waals surface area contributed by atoms with Crippen LogP contribution in [0, 0.1) is 12.3 Å². The van der Waals surface area contributed by atoms with E-state index in [1.54, 1.807) is 0 Å². The van der Waals surface area contributed by atoms with Crippen LogP contribution in [-0.2, 0) is 6.54 Å². The molecule has 5 nitrogen and oxygen atoms in total. The molecule has 1 aromatic rings. The summed E-state index contributed by atoms with van der Waals surface area (Å²) in [6.07, 6.45) is 11.9. The van der Waals surface area contributed by atoms with Crippen molar-refractivity contribution in [3.05, 3.63) is 18.2 Å². The molecule has 2 fully saturated rings. The predicted molar refractivity (Wildman–Crippen MR) is 94.7 cm³/mol. The van der Waals surface area contributed by atoms with E-state index < -0.39 is 0 Å². The first-order valence-corrected chi connectivity index (χ1v) is 9.23. The molecule has 1 aromatic heterocycles. The zero-order chi connectivity index (χ0) is 16.1. The summed E-state index contributed by atoms with van der Waals surface area (Å²) in [6, 6.07) is 0. The maximum Gasteiger partial charge on any atom is 0.193 e. The minimum atomic E-state index is 0.634. The molecule has 0 bridgehead atoms. The van der Waals surface area contributed by atoms with Crippen molar-refractivity contribution in [2.45, 2.75) is 58.9 Å². The first-order valence-electron chi connectivity index (χ1n) is 9.23. The average molecular weight is 317 g/mol. The Hall–Kier alpha value is -1.52. The molecule has 128 valence electrons. The number of hydrogen-bond acceptors (Lipinski definition) is 2.